The van der Waals surface area contributed by atoms with Crippen molar-refractivity contribution in [3.05, 3.63) is 29.3 Å². The molecule has 0 fully saturated rings. The summed E-state index contributed by atoms with van der Waals surface area (Å²) in [7, 11) is 0. The van der Waals surface area contributed by atoms with Crippen LogP contribution in [0.25, 0.3) is 0 Å². The normalized spacial score (nSPS) is 11.6. The Morgan fingerprint density at radius 1 is 1.35 bits per heavy atom. The third-order valence-corrected chi connectivity index (χ3v) is 2.62. The number of halogens is 2. The third kappa shape index (κ3) is 3.66. The highest BCUT2D eigenvalue weighted by molar-refractivity contribution is 5.38. The summed E-state index contributed by atoms with van der Waals surface area (Å²) in [5.74, 6) is -2.47. The largest absolute Gasteiger partial charge is 0.493 e. The molecule has 0 spiro atoms. The quantitative estimate of drug-likeness (QED) is 0.778. The van der Waals surface area contributed by atoms with E-state index in [4.69, 9.17) is 10.5 Å². The maximum Gasteiger partial charge on any atom is 0.285 e. The predicted molar refractivity (Wildman–Crippen MR) is 64.5 cm³/mol. The second kappa shape index (κ2) is 5.96. The lowest BCUT2D eigenvalue weighted by Crippen LogP contribution is -2.25. The Kier molecular flexibility index (Phi) is 4.87. The standard InChI is InChI=1S/C13H19F2NO/c1-3-4-7-17-12-8-11(6-5-10(12)2)13(14,15)9-16/h5-6,8H,3-4,7,9,16H2,1-2H3. The van der Waals surface area contributed by atoms with Gasteiger partial charge in [-0.05, 0) is 25.0 Å². The van der Waals surface area contributed by atoms with Crippen LogP contribution in [0.4, 0.5) is 8.78 Å². The van der Waals surface area contributed by atoms with E-state index in [2.05, 4.69) is 6.92 Å². The van der Waals surface area contributed by atoms with Crippen LogP contribution in [0, 0.1) is 6.92 Å². The summed E-state index contributed by atoms with van der Waals surface area (Å²) in [6.45, 7) is 3.75. The van der Waals surface area contributed by atoms with Gasteiger partial charge in [-0.3, -0.25) is 0 Å². The molecule has 0 aromatic heterocycles. The van der Waals surface area contributed by atoms with Gasteiger partial charge in [0.1, 0.15) is 5.75 Å². The van der Waals surface area contributed by atoms with Gasteiger partial charge in [0, 0.05) is 5.56 Å². The lowest BCUT2D eigenvalue weighted by Gasteiger charge is -2.16. The van der Waals surface area contributed by atoms with Crippen LogP contribution < -0.4 is 10.5 Å². The lowest BCUT2D eigenvalue weighted by molar-refractivity contribution is 0.00569. The van der Waals surface area contributed by atoms with Crippen molar-refractivity contribution in [2.24, 2.45) is 5.73 Å². The number of alkyl halides is 2. The van der Waals surface area contributed by atoms with E-state index in [1.54, 1.807) is 6.07 Å². The zero-order valence-corrected chi connectivity index (χ0v) is 10.3. The Labute approximate surface area is 101 Å². The van der Waals surface area contributed by atoms with Gasteiger partial charge < -0.3 is 10.5 Å². The van der Waals surface area contributed by atoms with Crippen molar-refractivity contribution >= 4 is 0 Å². The monoisotopic (exact) mass is 243 g/mol. The van der Waals surface area contributed by atoms with Gasteiger partial charge in [-0.1, -0.05) is 25.5 Å². The summed E-state index contributed by atoms with van der Waals surface area (Å²) >= 11 is 0. The minimum atomic E-state index is -2.99. The van der Waals surface area contributed by atoms with Crippen molar-refractivity contribution in [2.45, 2.75) is 32.6 Å². The fourth-order valence-corrected chi connectivity index (χ4v) is 1.43. The fraction of sp³-hybridized carbons (Fsp3) is 0.538. The van der Waals surface area contributed by atoms with Gasteiger partial charge in [-0.2, -0.15) is 8.78 Å². The van der Waals surface area contributed by atoms with Crippen LogP contribution >= 0.6 is 0 Å². The Balaban J connectivity index is 2.86. The van der Waals surface area contributed by atoms with Crippen molar-refractivity contribution < 1.29 is 13.5 Å². The summed E-state index contributed by atoms with van der Waals surface area (Å²) < 4.78 is 32.3. The van der Waals surface area contributed by atoms with Crippen LogP contribution in [0.3, 0.4) is 0 Å². The number of aryl methyl sites for hydroxylation is 1. The molecule has 0 heterocycles. The van der Waals surface area contributed by atoms with Crippen LogP contribution in [-0.2, 0) is 5.92 Å². The van der Waals surface area contributed by atoms with Crippen LogP contribution in [0.15, 0.2) is 18.2 Å². The number of rotatable bonds is 6. The average Bonchev–Trinajstić information content (AvgIpc) is 2.31. The van der Waals surface area contributed by atoms with Crippen molar-refractivity contribution in [1.82, 2.24) is 0 Å². The Morgan fingerprint density at radius 3 is 2.65 bits per heavy atom. The van der Waals surface area contributed by atoms with Gasteiger partial charge in [-0.15, -0.1) is 0 Å². The highest BCUT2D eigenvalue weighted by Gasteiger charge is 2.30. The molecule has 0 atom stereocenters. The molecule has 0 aliphatic carbocycles. The number of hydrogen-bond donors (Lipinski definition) is 1. The molecule has 0 saturated carbocycles. The molecule has 2 N–H and O–H groups in total. The van der Waals surface area contributed by atoms with Gasteiger partial charge in [0.25, 0.3) is 5.92 Å². The number of unbranched alkanes of at least 4 members (excludes halogenated alkanes) is 1. The Morgan fingerprint density at radius 2 is 2.06 bits per heavy atom. The summed E-state index contributed by atoms with van der Waals surface area (Å²) in [6.07, 6.45) is 1.93. The van der Waals surface area contributed by atoms with Crippen molar-refractivity contribution in [3.8, 4) is 5.75 Å². The van der Waals surface area contributed by atoms with E-state index >= 15 is 0 Å². The predicted octanol–water partition coefficient (Wildman–Crippen LogP) is 3.22. The van der Waals surface area contributed by atoms with Crippen LogP contribution in [0.1, 0.15) is 30.9 Å². The molecule has 17 heavy (non-hydrogen) atoms. The highest BCUT2D eigenvalue weighted by Crippen LogP contribution is 2.31. The molecule has 2 nitrogen and oxygen atoms in total. The first kappa shape index (κ1) is 13.9. The second-order valence-electron chi connectivity index (χ2n) is 4.09. The number of ether oxygens (including phenoxy) is 1. The van der Waals surface area contributed by atoms with Crippen molar-refractivity contribution in [2.75, 3.05) is 13.2 Å². The molecule has 4 heteroatoms. The van der Waals surface area contributed by atoms with E-state index < -0.39 is 12.5 Å². The maximum absolute atomic E-state index is 13.4. The van der Waals surface area contributed by atoms with Crippen molar-refractivity contribution in [3.63, 3.8) is 0 Å². The average molecular weight is 243 g/mol. The van der Waals surface area contributed by atoms with Gasteiger partial charge in [0.2, 0.25) is 0 Å². The van der Waals surface area contributed by atoms with E-state index in [0.717, 1.165) is 18.4 Å². The van der Waals surface area contributed by atoms with Crippen LogP contribution in [0.2, 0.25) is 0 Å². The van der Waals surface area contributed by atoms with Crippen molar-refractivity contribution in [1.29, 1.82) is 0 Å². The molecule has 0 aliphatic rings. The van der Waals surface area contributed by atoms with Crippen LogP contribution in [-0.4, -0.2) is 13.2 Å². The molecular formula is C13H19F2NO. The Bertz CT molecular complexity index is 366. The molecule has 0 amide bonds. The molecule has 0 saturated heterocycles. The summed E-state index contributed by atoms with van der Waals surface area (Å²) in [5, 5.41) is 0. The van der Waals surface area contributed by atoms with Gasteiger partial charge in [0.15, 0.2) is 0 Å². The topological polar surface area (TPSA) is 35.2 Å². The zero-order chi connectivity index (χ0) is 12.9. The molecule has 0 radical (unpaired) electrons. The number of nitrogens with two attached hydrogens (primary N) is 1. The number of hydrogen-bond acceptors (Lipinski definition) is 2. The molecule has 1 rings (SSSR count). The van der Waals surface area contributed by atoms with Gasteiger partial charge in [0.05, 0.1) is 13.2 Å². The molecule has 0 aliphatic heterocycles. The van der Waals surface area contributed by atoms with Gasteiger partial charge in [-0.25, -0.2) is 0 Å². The van der Waals surface area contributed by atoms with Crippen LogP contribution in [0.5, 0.6) is 5.75 Å². The van der Waals surface area contributed by atoms with E-state index in [-0.39, 0.29) is 5.56 Å². The number of benzene rings is 1. The molecule has 96 valence electrons. The SMILES string of the molecule is CCCCOc1cc(C(F)(F)CN)ccc1C. The van der Waals surface area contributed by atoms with E-state index in [9.17, 15) is 8.78 Å². The highest BCUT2D eigenvalue weighted by atomic mass is 19.3. The first-order chi connectivity index (χ1) is 8.01. The second-order valence-corrected chi connectivity index (χ2v) is 4.09. The summed E-state index contributed by atoms with van der Waals surface area (Å²) in [6, 6.07) is 4.42. The summed E-state index contributed by atoms with van der Waals surface area (Å²) in [4.78, 5) is 0. The molecule has 0 bridgehead atoms. The maximum atomic E-state index is 13.4. The summed E-state index contributed by atoms with van der Waals surface area (Å²) in [5.41, 5.74) is 5.83. The fourth-order valence-electron chi connectivity index (χ4n) is 1.43. The molecular weight excluding hydrogens is 224 g/mol. The smallest absolute Gasteiger partial charge is 0.285 e. The van der Waals surface area contributed by atoms with E-state index in [1.807, 2.05) is 6.92 Å². The minimum absolute atomic E-state index is 0.0860. The first-order valence-corrected chi connectivity index (χ1v) is 5.83. The molecule has 1 aromatic rings. The lowest BCUT2D eigenvalue weighted by atomic mass is 10.1. The minimum Gasteiger partial charge on any atom is -0.493 e. The first-order valence-electron chi connectivity index (χ1n) is 5.83. The molecule has 1 aromatic carbocycles. The molecule has 0 unspecified atom stereocenters. The zero-order valence-electron chi connectivity index (χ0n) is 10.3. The Hall–Kier alpha value is -1.16. The van der Waals surface area contributed by atoms with E-state index in [1.165, 1.54) is 12.1 Å². The third-order valence-electron chi connectivity index (χ3n) is 2.62. The van der Waals surface area contributed by atoms with Gasteiger partial charge >= 0.3 is 0 Å². The van der Waals surface area contributed by atoms with E-state index in [0.29, 0.717) is 12.4 Å².